The molecule has 0 aliphatic rings. The highest BCUT2D eigenvalue weighted by Gasteiger charge is 2.17. The van der Waals surface area contributed by atoms with Gasteiger partial charge in [-0.1, -0.05) is 41.7 Å². The molecule has 0 atom stereocenters. The van der Waals surface area contributed by atoms with Gasteiger partial charge in [0.05, 0.1) is 10.6 Å². The molecule has 0 bridgehead atoms. The van der Waals surface area contributed by atoms with Crippen molar-refractivity contribution in [3.8, 4) is 10.9 Å². The number of hydrogen-bond acceptors (Lipinski definition) is 5. The van der Waals surface area contributed by atoms with E-state index in [1.165, 1.54) is 27.7 Å². The number of aryl methyl sites for hydroxylation is 3. The molecule has 0 fully saturated rings. The standard InChI is InChI=1S/C25H25N3O3S/c1-17-9-10-20(27(17)3)11-12-22(29)24-18(2)26-25(32-24)28-14-13-21(15-23(28)30)31-16-19-7-5-4-6-8-19/h4-10,13-15H,11-12,16H2,1-3H3. The largest absolute Gasteiger partial charge is 0.489 e. The van der Waals surface area contributed by atoms with Gasteiger partial charge >= 0.3 is 0 Å². The van der Waals surface area contributed by atoms with Gasteiger partial charge < -0.3 is 9.30 Å². The molecule has 0 saturated heterocycles. The number of ketones is 1. The molecule has 7 heteroatoms. The van der Waals surface area contributed by atoms with Crippen molar-refractivity contribution >= 4 is 17.1 Å². The summed E-state index contributed by atoms with van der Waals surface area (Å²) in [7, 11) is 2.00. The first-order valence-electron chi connectivity index (χ1n) is 10.4. The van der Waals surface area contributed by atoms with Crippen LogP contribution in [-0.2, 0) is 20.1 Å². The normalized spacial score (nSPS) is 11.0. The molecule has 0 spiro atoms. The number of carbonyl (C=O) groups is 1. The monoisotopic (exact) mass is 447 g/mol. The predicted octanol–water partition coefficient (Wildman–Crippen LogP) is 4.64. The van der Waals surface area contributed by atoms with Gasteiger partial charge in [-0.05, 0) is 44.0 Å². The van der Waals surface area contributed by atoms with Crippen LogP contribution in [-0.4, -0.2) is 19.9 Å². The van der Waals surface area contributed by atoms with E-state index in [9.17, 15) is 9.59 Å². The van der Waals surface area contributed by atoms with E-state index < -0.39 is 0 Å². The second-order valence-electron chi connectivity index (χ2n) is 7.70. The highest BCUT2D eigenvalue weighted by molar-refractivity contribution is 7.16. The van der Waals surface area contributed by atoms with Gasteiger partial charge in [0, 0.05) is 37.1 Å². The molecule has 3 aromatic heterocycles. The van der Waals surface area contributed by atoms with E-state index in [-0.39, 0.29) is 11.3 Å². The highest BCUT2D eigenvalue weighted by atomic mass is 32.1. The Labute approximate surface area is 190 Å². The van der Waals surface area contributed by atoms with E-state index in [1.807, 2.05) is 51.2 Å². The number of pyridine rings is 1. The number of carbonyl (C=O) groups excluding carboxylic acids is 1. The molecular weight excluding hydrogens is 422 g/mol. The number of rotatable bonds is 8. The molecule has 0 N–H and O–H groups in total. The fourth-order valence-electron chi connectivity index (χ4n) is 3.47. The molecule has 0 unspecified atom stereocenters. The Kier molecular flexibility index (Phi) is 6.37. The molecule has 4 aromatic rings. The number of nitrogens with zero attached hydrogens (tertiary/aromatic N) is 3. The van der Waals surface area contributed by atoms with Crippen LogP contribution in [0.5, 0.6) is 5.75 Å². The highest BCUT2D eigenvalue weighted by Crippen LogP contribution is 2.23. The number of aromatic nitrogens is 3. The summed E-state index contributed by atoms with van der Waals surface area (Å²) in [6.07, 6.45) is 2.71. The predicted molar refractivity (Wildman–Crippen MR) is 126 cm³/mol. The summed E-state index contributed by atoms with van der Waals surface area (Å²) in [6.45, 7) is 4.24. The average molecular weight is 448 g/mol. The van der Waals surface area contributed by atoms with Crippen LogP contribution in [0.3, 0.4) is 0 Å². The minimum Gasteiger partial charge on any atom is -0.489 e. The molecule has 32 heavy (non-hydrogen) atoms. The van der Waals surface area contributed by atoms with Crippen molar-refractivity contribution in [3.05, 3.63) is 98.7 Å². The first kappa shape index (κ1) is 21.8. The summed E-state index contributed by atoms with van der Waals surface area (Å²) in [5, 5.41) is 0.486. The number of benzene rings is 1. The van der Waals surface area contributed by atoms with Crippen molar-refractivity contribution in [3.63, 3.8) is 0 Å². The lowest BCUT2D eigenvalue weighted by Crippen LogP contribution is -2.16. The van der Waals surface area contributed by atoms with Gasteiger partial charge in [-0.15, -0.1) is 0 Å². The van der Waals surface area contributed by atoms with Crippen LogP contribution in [0, 0.1) is 13.8 Å². The zero-order chi connectivity index (χ0) is 22.7. The third-order valence-corrected chi connectivity index (χ3v) is 6.67. The molecule has 4 rings (SSSR count). The third kappa shape index (κ3) is 4.73. The van der Waals surface area contributed by atoms with E-state index in [0.29, 0.717) is 40.9 Å². The molecule has 6 nitrogen and oxygen atoms in total. The second kappa shape index (κ2) is 9.36. The summed E-state index contributed by atoms with van der Waals surface area (Å²) >= 11 is 1.25. The quantitative estimate of drug-likeness (QED) is 0.369. The fraction of sp³-hybridized carbons (Fsp3) is 0.240. The lowest BCUT2D eigenvalue weighted by molar-refractivity contribution is 0.0985. The van der Waals surface area contributed by atoms with E-state index in [2.05, 4.69) is 21.7 Å². The molecule has 0 aliphatic carbocycles. The SMILES string of the molecule is Cc1nc(-n2ccc(OCc3ccccc3)cc2=O)sc1C(=O)CCc1ccc(C)n1C. The number of Topliss-reactive ketones (excluding diaryl/α,β-unsaturated/α-hetero) is 1. The van der Waals surface area contributed by atoms with Crippen LogP contribution in [0.15, 0.2) is 65.6 Å². The topological polar surface area (TPSA) is 66.1 Å². The number of ether oxygens (including phenoxy) is 1. The lowest BCUT2D eigenvalue weighted by Gasteiger charge is -2.07. The summed E-state index contributed by atoms with van der Waals surface area (Å²) in [6, 6.07) is 17.1. The first-order valence-corrected chi connectivity index (χ1v) is 11.3. The van der Waals surface area contributed by atoms with Gasteiger partial charge in [0.15, 0.2) is 10.9 Å². The van der Waals surface area contributed by atoms with Gasteiger partial charge in [0.1, 0.15) is 12.4 Å². The van der Waals surface area contributed by atoms with Crippen LogP contribution in [0.1, 0.15) is 38.7 Å². The van der Waals surface area contributed by atoms with Crippen molar-refractivity contribution in [2.45, 2.75) is 33.3 Å². The summed E-state index contributed by atoms with van der Waals surface area (Å²) in [4.78, 5) is 30.5. The van der Waals surface area contributed by atoms with E-state index in [1.54, 1.807) is 12.3 Å². The molecule has 164 valence electrons. The maximum absolute atomic E-state index is 12.8. The molecule has 1 aromatic carbocycles. The summed E-state index contributed by atoms with van der Waals surface area (Å²) < 4.78 is 9.28. The minimum atomic E-state index is -0.248. The summed E-state index contributed by atoms with van der Waals surface area (Å²) in [5.74, 6) is 0.540. The Bertz CT molecular complexity index is 1300. The van der Waals surface area contributed by atoms with Crippen molar-refractivity contribution in [2.75, 3.05) is 0 Å². The maximum atomic E-state index is 12.8. The third-order valence-electron chi connectivity index (χ3n) is 5.47. The Morgan fingerprint density at radius 3 is 2.56 bits per heavy atom. The van der Waals surface area contributed by atoms with Crippen LogP contribution in [0.25, 0.3) is 5.13 Å². The fourth-order valence-corrected chi connectivity index (χ4v) is 4.49. The molecule has 0 saturated carbocycles. The average Bonchev–Trinajstić information content (AvgIpc) is 3.33. The van der Waals surface area contributed by atoms with E-state index >= 15 is 0 Å². The molecule has 0 aliphatic heterocycles. The Hall–Kier alpha value is -3.45. The van der Waals surface area contributed by atoms with Gasteiger partial charge in [-0.25, -0.2) is 4.98 Å². The van der Waals surface area contributed by atoms with Crippen molar-refractivity contribution in [1.29, 1.82) is 0 Å². The second-order valence-corrected chi connectivity index (χ2v) is 8.68. The lowest BCUT2D eigenvalue weighted by atomic mass is 10.1. The number of hydrogen-bond donors (Lipinski definition) is 0. The van der Waals surface area contributed by atoms with Gasteiger partial charge in [0.25, 0.3) is 5.56 Å². The Morgan fingerprint density at radius 2 is 1.88 bits per heavy atom. The zero-order valence-electron chi connectivity index (χ0n) is 18.4. The van der Waals surface area contributed by atoms with Crippen molar-refractivity contribution in [2.24, 2.45) is 7.05 Å². The van der Waals surface area contributed by atoms with Crippen LogP contribution < -0.4 is 10.3 Å². The van der Waals surface area contributed by atoms with Crippen molar-refractivity contribution < 1.29 is 9.53 Å². The van der Waals surface area contributed by atoms with Crippen LogP contribution >= 0.6 is 11.3 Å². The Morgan fingerprint density at radius 1 is 1.09 bits per heavy atom. The summed E-state index contributed by atoms with van der Waals surface area (Å²) in [5.41, 5.74) is 3.72. The van der Waals surface area contributed by atoms with Gasteiger partial charge in [0.2, 0.25) is 0 Å². The van der Waals surface area contributed by atoms with E-state index in [0.717, 1.165) is 11.3 Å². The van der Waals surface area contributed by atoms with Crippen LogP contribution in [0.4, 0.5) is 0 Å². The molecular formula is C25H25N3O3S. The Balaban J connectivity index is 1.46. The smallest absolute Gasteiger partial charge is 0.260 e. The minimum absolute atomic E-state index is 0.0426. The first-order chi connectivity index (χ1) is 15.4. The molecule has 0 radical (unpaired) electrons. The van der Waals surface area contributed by atoms with Crippen molar-refractivity contribution in [1.82, 2.24) is 14.1 Å². The zero-order valence-corrected chi connectivity index (χ0v) is 19.2. The van der Waals surface area contributed by atoms with Gasteiger partial charge in [-0.3, -0.25) is 14.2 Å². The van der Waals surface area contributed by atoms with Gasteiger partial charge in [-0.2, -0.15) is 0 Å². The maximum Gasteiger partial charge on any atom is 0.260 e. The van der Waals surface area contributed by atoms with Crippen LogP contribution in [0.2, 0.25) is 0 Å². The number of thiazole rings is 1. The molecule has 3 heterocycles. The molecule has 0 amide bonds. The van der Waals surface area contributed by atoms with E-state index in [4.69, 9.17) is 4.74 Å².